The molecule has 0 aliphatic heterocycles. The Balaban J connectivity index is 1.98. The molecule has 0 saturated carbocycles. The molecular formula is C14H18BrN5O. The topological polar surface area (TPSA) is 82.7 Å². The Bertz CT molecular complexity index is 585. The van der Waals surface area contributed by atoms with Crippen LogP contribution < -0.4 is 10.6 Å². The molecule has 21 heavy (non-hydrogen) atoms. The van der Waals surface area contributed by atoms with Gasteiger partial charge < -0.3 is 15.6 Å². The molecule has 0 saturated heterocycles. The van der Waals surface area contributed by atoms with E-state index < -0.39 is 0 Å². The van der Waals surface area contributed by atoms with Crippen molar-refractivity contribution in [2.75, 3.05) is 18.4 Å². The third-order valence-corrected chi connectivity index (χ3v) is 3.28. The molecule has 2 heterocycles. The van der Waals surface area contributed by atoms with Crippen molar-refractivity contribution in [3.63, 3.8) is 0 Å². The Morgan fingerprint density at radius 3 is 2.95 bits per heavy atom. The quantitative estimate of drug-likeness (QED) is 0.714. The lowest BCUT2D eigenvalue weighted by Crippen LogP contribution is -2.27. The Kier molecular flexibility index (Phi) is 5.74. The number of amides is 1. The highest BCUT2D eigenvalue weighted by Crippen LogP contribution is 2.18. The highest BCUT2D eigenvalue weighted by molar-refractivity contribution is 9.10. The van der Waals surface area contributed by atoms with Gasteiger partial charge in [-0.2, -0.15) is 0 Å². The number of aromatic amines is 1. The molecule has 0 spiro atoms. The van der Waals surface area contributed by atoms with Crippen LogP contribution in [0.4, 0.5) is 5.82 Å². The molecule has 0 unspecified atom stereocenters. The van der Waals surface area contributed by atoms with Gasteiger partial charge in [-0.15, -0.1) is 0 Å². The van der Waals surface area contributed by atoms with Crippen LogP contribution in [0.1, 0.15) is 29.5 Å². The van der Waals surface area contributed by atoms with Crippen LogP contribution in [-0.2, 0) is 6.42 Å². The van der Waals surface area contributed by atoms with Crippen LogP contribution in [0.5, 0.6) is 0 Å². The number of anilines is 1. The van der Waals surface area contributed by atoms with Crippen molar-refractivity contribution in [1.29, 1.82) is 0 Å². The third-order valence-electron chi connectivity index (χ3n) is 2.84. The predicted molar refractivity (Wildman–Crippen MR) is 85.3 cm³/mol. The molecule has 7 heteroatoms. The fourth-order valence-corrected chi connectivity index (χ4v) is 2.15. The minimum atomic E-state index is -0.144. The molecule has 6 nitrogen and oxygen atoms in total. The maximum atomic E-state index is 12.3. The zero-order valence-electron chi connectivity index (χ0n) is 11.8. The number of carbonyl (C=O) groups excluding carboxylic acids is 1. The van der Waals surface area contributed by atoms with E-state index >= 15 is 0 Å². The summed E-state index contributed by atoms with van der Waals surface area (Å²) in [6.45, 7) is 3.36. The van der Waals surface area contributed by atoms with E-state index in [2.05, 4.69) is 48.4 Å². The van der Waals surface area contributed by atoms with Gasteiger partial charge in [0.25, 0.3) is 5.91 Å². The summed E-state index contributed by atoms with van der Waals surface area (Å²) in [6.07, 6.45) is 6.77. The maximum absolute atomic E-state index is 12.3. The van der Waals surface area contributed by atoms with Gasteiger partial charge in [0.15, 0.2) is 0 Å². The molecule has 1 amide bonds. The lowest BCUT2D eigenvalue weighted by atomic mass is 10.2. The number of rotatable bonds is 7. The summed E-state index contributed by atoms with van der Waals surface area (Å²) in [4.78, 5) is 23.6. The number of nitrogens with one attached hydrogen (secondary N) is 3. The summed E-state index contributed by atoms with van der Waals surface area (Å²) in [5.74, 6) is 1.32. The van der Waals surface area contributed by atoms with E-state index in [1.165, 1.54) is 0 Å². The summed E-state index contributed by atoms with van der Waals surface area (Å²) < 4.78 is 0.778. The van der Waals surface area contributed by atoms with Crippen molar-refractivity contribution in [1.82, 2.24) is 20.3 Å². The first kappa shape index (κ1) is 15.5. The molecule has 0 atom stereocenters. The Hall–Kier alpha value is -1.89. The van der Waals surface area contributed by atoms with Gasteiger partial charge in [-0.1, -0.05) is 6.92 Å². The zero-order valence-corrected chi connectivity index (χ0v) is 13.4. The molecule has 0 aliphatic carbocycles. The van der Waals surface area contributed by atoms with Gasteiger partial charge in [-0.25, -0.2) is 9.97 Å². The van der Waals surface area contributed by atoms with Crippen LogP contribution in [0.2, 0.25) is 0 Å². The standard InChI is InChI=1S/C14H18BrN5O/c1-2-4-18-13-11(8-10(15)9-20-13)14(21)19-5-3-12-16-6-7-17-12/h6-9H,2-5H2,1H3,(H,16,17)(H,18,20)(H,19,21). The molecular weight excluding hydrogens is 334 g/mol. The Morgan fingerprint density at radius 1 is 1.38 bits per heavy atom. The van der Waals surface area contributed by atoms with Gasteiger partial charge in [0.2, 0.25) is 0 Å². The summed E-state index contributed by atoms with van der Waals surface area (Å²) >= 11 is 3.35. The van der Waals surface area contributed by atoms with Crippen LogP contribution in [0.3, 0.4) is 0 Å². The van der Waals surface area contributed by atoms with E-state index in [-0.39, 0.29) is 5.91 Å². The van der Waals surface area contributed by atoms with Crippen LogP contribution in [-0.4, -0.2) is 33.9 Å². The molecule has 2 aromatic heterocycles. The van der Waals surface area contributed by atoms with Crippen molar-refractivity contribution in [3.05, 3.63) is 40.5 Å². The van der Waals surface area contributed by atoms with E-state index in [1.807, 2.05) is 0 Å². The molecule has 0 radical (unpaired) electrons. The number of halogens is 1. The summed E-state index contributed by atoms with van der Waals surface area (Å²) in [7, 11) is 0. The number of carbonyl (C=O) groups is 1. The number of nitrogens with zero attached hydrogens (tertiary/aromatic N) is 2. The summed E-state index contributed by atoms with van der Waals surface area (Å²) in [6, 6.07) is 1.77. The fourth-order valence-electron chi connectivity index (χ4n) is 1.82. The lowest BCUT2D eigenvalue weighted by molar-refractivity contribution is 0.0954. The van der Waals surface area contributed by atoms with E-state index in [1.54, 1.807) is 24.7 Å². The molecule has 0 aromatic carbocycles. The zero-order chi connectivity index (χ0) is 15.1. The first-order valence-corrected chi connectivity index (χ1v) is 7.66. The highest BCUT2D eigenvalue weighted by atomic mass is 79.9. The van der Waals surface area contributed by atoms with Crippen LogP contribution in [0, 0.1) is 0 Å². The van der Waals surface area contributed by atoms with E-state index in [4.69, 9.17) is 0 Å². The second-order valence-electron chi connectivity index (χ2n) is 4.52. The third kappa shape index (κ3) is 4.56. The van der Waals surface area contributed by atoms with Crippen molar-refractivity contribution in [2.24, 2.45) is 0 Å². The van der Waals surface area contributed by atoms with Crippen molar-refractivity contribution < 1.29 is 4.79 Å². The number of hydrogen-bond acceptors (Lipinski definition) is 4. The Labute approximate surface area is 131 Å². The SMILES string of the molecule is CCCNc1ncc(Br)cc1C(=O)NCCc1ncc[nH]1. The predicted octanol–water partition coefficient (Wildman–Crippen LogP) is 2.36. The molecule has 2 rings (SSSR count). The first-order chi connectivity index (χ1) is 10.2. The van der Waals surface area contributed by atoms with Gasteiger partial charge in [0, 0.05) is 42.6 Å². The van der Waals surface area contributed by atoms with Crippen molar-refractivity contribution in [3.8, 4) is 0 Å². The molecule has 112 valence electrons. The second-order valence-corrected chi connectivity index (χ2v) is 5.43. The second kappa shape index (κ2) is 7.78. The smallest absolute Gasteiger partial charge is 0.255 e. The molecule has 0 fully saturated rings. The molecule has 0 aliphatic rings. The average Bonchev–Trinajstić information content (AvgIpc) is 2.99. The van der Waals surface area contributed by atoms with Crippen LogP contribution in [0.25, 0.3) is 0 Å². The summed E-state index contributed by atoms with van der Waals surface area (Å²) in [5, 5.41) is 6.05. The van der Waals surface area contributed by atoms with Gasteiger partial charge in [-0.3, -0.25) is 4.79 Å². The monoisotopic (exact) mass is 351 g/mol. The summed E-state index contributed by atoms with van der Waals surface area (Å²) in [5.41, 5.74) is 0.539. The van der Waals surface area contributed by atoms with E-state index in [0.717, 1.165) is 23.3 Å². The first-order valence-electron chi connectivity index (χ1n) is 6.86. The van der Waals surface area contributed by atoms with Gasteiger partial charge in [0.05, 0.1) is 5.56 Å². The van der Waals surface area contributed by atoms with Gasteiger partial charge >= 0.3 is 0 Å². The minimum Gasteiger partial charge on any atom is -0.369 e. The number of imidazole rings is 1. The fraction of sp³-hybridized carbons (Fsp3) is 0.357. The van der Waals surface area contributed by atoms with Gasteiger partial charge in [-0.05, 0) is 28.4 Å². The number of H-pyrrole nitrogens is 1. The molecule has 3 N–H and O–H groups in total. The highest BCUT2D eigenvalue weighted by Gasteiger charge is 2.13. The largest absolute Gasteiger partial charge is 0.369 e. The lowest BCUT2D eigenvalue weighted by Gasteiger charge is -2.11. The van der Waals surface area contributed by atoms with Crippen LogP contribution >= 0.6 is 15.9 Å². The van der Waals surface area contributed by atoms with E-state index in [9.17, 15) is 4.79 Å². The van der Waals surface area contributed by atoms with Crippen LogP contribution in [0.15, 0.2) is 29.1 Å². The Morgan fingerprint density at radius 2 is 2.24 bits per heavy atom. The molecule has 0 bridgehead atoms. The number of pyridine rings is 1. The number of aromatic nitrogens is 3. The van der Waals surface area contributed by atoms with Crippen molar-refractivity contribution in [2.45, 2.75) is 19.8 Å². The maximum Gasteiger partial charge on any atom is 0.255 e. The molecule has 2 aromatic rings. The normalized spacial score (nSPS) is 10.4. The van der Waals surface area contributed by atoms with Gasteiger partial charge in [0.1, 0.15) is 11.6 Å². The number of hydrogen-bond donors (Lipinski definition) is 3. The minimum absolute atomic E-state index is 0.144. The van der Waals surface area contributed by atoms with E-state index in [0.29, 0.717) is 24.3 Å². The van der Waals surface area contributed by atoms with Crippen molar-refractivity contribution >= 4 is 27.7 Å². The average molecular weight is 352 g/mol.